The van der Waals surface area contributed by atoms with Crippen LogP contribution in [-0.4, -0.2) is 39.5 Å². The minimum Gasteiger partial charge on any atom is -0.376 e. The first-order valence-corrected chi connectivity index (χ1v) is 11.3. The summed E-state index contributed by atoms with van der Waals surface area (Å²) in [5, 5.41) is 5.39. The van der Waals surface area contributed by atoms with Gasteiger partial charge in [-0.15, -0.1) is 0 Å². The van der Waals surface area contributed by atoms with Crippen molar-refractivity contribution in [2.45, 2.75) is 30.3 Å². The second-order valence-corrected chi connectivity index (χ2v) is 9.22. The summed E-state index contributed by atoms with van der Waals surface area (Å²) in [6.07, 6.45) is 1.89. The van der Waals surface area contributed by atoms with Crippen LogP contribution in [0.2, 0.25) is 5.02 Å². The van der Waals surface area contributed by atoms with Crippen molar-refractivity contribution in [1.29, 1.82) is 0 Å². The number of amides is 2. The van der Waals surface area contributed by atoms with Crippen molar-refractivity contribution in [2.24, 2.45) is 0 Å². The summed E-state index contributed by atoms with van der Waals surface area (Å²) in [5.41, 5.74) is 1.37. The van der Waals surface area contributed by atoms with Gasteiger partial charge in [-0.05, 0) is 42.7 Å². The SMILES string of the molecule is O=C1Cc2cc(S(=O)(=O)Nc3ccccc3C(=O)NCC3CCCO3)c(Cl)cc2N1. The summed E-state index contributed by atoms with van der Waals surface area (Å²) in [6.45, 7) is 1.04. The normalized spacial score (nSPS) is 18.0. The molecule has 2 aliphatic rings. The highest BCUT2D eigenvalue weighted by atomic mass is 35.5. The van der Waals surface area contributed by atoms with E-state index < -0.39 is 15.9 Å². The van der Waals surface area contributed by atoms with Gasteiger partial charge >= 0.3 is 0 Å². The third-order valence-electron chi connectivity index (χ3n) is 5.00. The molecule has 2 amide bonds. The quantitative estimate of drug-likeness (QED) is 0.627. The summed E-state index contributed by atoms with van der Waals surface area (Å²) in [6, 6.07) is 9.11. The van der Waals surface area contributed by atoms with Gasteiger partial charge in [0.1, 0.15) is 4.90 Å². The molecule has 1 fully saturated rings. The monoisotopic (exact) mass is 449 g/mol. The van der Waals surface area contributed by atoms with E-state index in [0.29, 0.717) is 24.4 Å². The van der Waals surface area contributed by atoms with Crippen LogP contribution in [0.15, 0.2) is 41.3 Å². The van der Waals surface area contributed by atoms with E-state index in [9.17, 15) is 18.0 Å². The van der Waals surface area contributed by atoms with Gasteiger partial charge < -0.3 is 15.4 Å². The molecule has 2 aromatic carbocycles. The topological polar surface area (TPSA) is 114 Å². The Morgan fingerprint density at radius 2 is 2.07 bits per heavy atom. The minimum atomic E-state index is -4.10. The van der Waals surface area contributed by atoms with Crippen LogP contribution in [-0.2, 0) is 26.0 Å². The summed E-state index contributed by atoms with van der Waals surface area (Å²) < 4.78 is 33.9. The molecule has 0 radical (unpaired) electrons. The highest BCUT2D eigenvalue weighted by Gasteiger charge is 2.26. The smallest absolute Gasteiger partial charge is 0.263 e. The summed E-state index contributed by atoms with van der Waals surface area (Å²) in [7, 11) is -4.10. The Labute approximate surface area is 179 Å². The fourth-order valence-electron chi connectivity index (χ4n) is 3.51. The van der Waals surface area contributed by atoms with E-state index in [-0.39, 0.29) is 39.6 Å². The number of nitrogens with one attached hydrogen (secondary N) is 3. The molecule has 1 atom stereocenters. The van der Waals surface area contributed by atoms with Crippen molar-refractivity contribution in [3.8, 4) is 0 Å². The lowest BCUT2D eigenvalue weighted by Crippen LogP contribution is -2.32. The molecule has 0 aliphatic carbocycles. The maximum Gasteiger partial charge on any atom is 0.263 e. The number of rotatable bonds is 6. The highest BCUT2D eigenvalue weighted by molar-refractivity contribution is 7.92. The predicted octanol–water partition coefficient (Wildman–Crippen LogP) is 2.54. The molecule has 0 aromatic heterocycles. The second kappa shape index (κ2) is 8.25. The van der Waals surface area contributed by atoms with Gasteiger partial charge in [0, 0.05) is 18.8 Å². The first-order chi connectivity index (χ1) is 14.3. The predicted molar refractivity (Wildman–Crippen MR) is 112 cm³/mol. The van der Waals surface area contributed by atoms with E-state index in [4.69, 9.17) is 16.3 Å². The maximum atomic E-state index is 13.0. The molecule has 0 bridgehead atoms. The molecular weight excluding hydrogens is 430 g/mol. The van der Waals surface area contributed by atoms with Crippen molar-refractivity contribution in [3.63, 3.8) is 0 Å². The zero-order valence-corrected chi connectivity index (χ0v) is 17.5. The van der Waals surface area contributed by atoms with Gasteiger partial charge in [0.05, 0.1) is 28.8 Å². The van der Waals surface area contributed by atoms with Crippen molar-refractivity contribution in [2.75, 3.05) is 23.2 Å². The highest BCUT2D eigenvalue weighted by Crippen LogP contribution is 2.33. The molecule has 1 unspecified atom stereocenters. The molecule has 0 spiro atoms. The maximum absolute atomic E-state index is 13.0. The zero-order chi connectivity index (χ0) is 21.3. The average molecular weight is 450 g/mol. The Morgan fingerprint density at radius 1 is 1.27 bits per heavy atom. The van der Waals surface area contributed by atoms with Crippen LogP contribution in [0.25, 0.3) is 0 Å². The molecule has 4 rings (SSSR count). The molecule has 158 valence electrons. The van der Waals surface area contributed by atoms with Gasteiger partial charge in [-0.25, -0.2) is 8.42 Å². The molecule has 10 heteroatoms. The fourth-order valence-corrected chi connectivity index (χ4v) is 5.17. The lowest BCUT2D eigenvalue weighted by molar-refractivity contribution is -0.115. The summed E-state index contributed by atoms with van der Waals surface area (Å²) >= 11 is 6.17. The average Bonchev–Trinajstić information content (AvgIpc) is 3.34. The summed E-state index contributed by atoms with van der Waals surface area (Å²) in [4.78, 5) is 24.0. The molecule has 1 saturated heterocycles. The number of ether oxygens (including phenoxy) is 1. The van der Waals surface area contributed by atoms with E-state index in [2.05, 4.69) is 15.4 Å². The number of halogens is 1. The molecular formula is C20H20ClN3O5S. The zero-order valence-electron chi connectivity index (χ0n) is 15.9. The molecule has 2 aromatic rings. The minimum absolute atomic E-state index is 0.0243. The van der Waals surface area contributed by atoms with Gasteiger partial charge in [-0.1, -0.05) is 23.7 Å². The number of anilines is 2. The van der Waals surface area contributed by atoms with Crippen LogP contribution in [0.1, 0.15) is 28.8 Å². The fraction of sp³-hybridized carbons (Fsp3) is 0.300. The van der Waals surface area contributed by atoms with E-state index in [1.165, 1.54) is 24.3 Å². The van der Waals surface area contributed by atoms with Crippen molar-refractivity contribution in [1.82, 2.24) is 5.32 Å². The Kier molecular flexibility index (Phi) is 5.68. The number of sulfonamides is 1. The number of carbonyl (C=O) groups is 2. The number of benzene rings is 2. The van der Waals surface area contributed by atoms with E-state index in [1.807, 2.05) is 0 Å². The number of para-hydroxylation sites is 1. The Hall–Kier alpha value is -2.62. The first kappa shape index (κ1) is 20.6. The van der Waals surface area contributed by atoms with Crippen LogP contribution < -0.4 is 15.4 Å². The van der Waals surface area contributed by atoms with Crippen LogP contribution in [0.5, 0.6) is 0 Å². The molecule has 0 saturated carbocycles. The van der Waals surface area contributed by atoms with E-state index >= 15 is 0 Å². The standard InChI is InChI=1S/C20H20ClN3O5S/c21-15-10-17-12(9-19(25)23-17)8-18(15)30(27,28)24-16-6-2-1-5-14(16)20(26)22-11-13-4-3-7-29-13/h1-2,5-6,8,10,13,24H,3-4,7,9,11H2,(H,22,26)(H,23,25). The number of fused-ring (bicyclic) bond motifs is 1. The largest absolute Gasteiger partial charge is 0.376 e. The Balaban J connectivity index is 1.56. The van der Waals surface area contributed by atoms with E-state index in [0.717, 1.165) is 12.8 Å². The first-order valence-electron chi connectivity index (χ1n) is 9.47. The number of hydrogen-bond donors (Lipinski definition) is 3. The van der Waals surface area contributed by atoms with Gasteiger partial charge in [0.15, 0.2) is 0 Å². The van der Waals surface area contributed by atoms with E-state index in [1.54, 1.807) is 12.1 Å². The molecule has 30 heavy (non-hydrogen) atoms. The van der Waals surface area contributed by atoms with Crippen LogP contribution in [0, 0.1) is 0 Å². The lowest BCUT2D eigenvalue weighted by atomic mass is 10.1. The third kappa shape index (κ3) is 4.28. The number of carbonyl (C=O) groups excluding carboxylic acids is 2. The Morgan fingerprint density at radius 3 is 2.83 bits per heavy atom. The summed E-state index contributed by atoms with van der Waals surface area (Å²) in [5.74, 6) is -0.629. The molecule has 2 aliphatic heterocycles. The lowest BCUT2D eigenvalue weighted by Gasteiger charge is -2.15. The van der Waals surface area contributed by atoms with Gasteiger partial charge in [0.25, 0.3) is 15.9 Å². The van der Waals surface area contributed by atoms with Crippen LogP contribution in [0.4, 0.5) is 11.4 Å². The molecule has 2 heterocycles. The van der Waals surface area contributed by atoms with Crippen molar-refractivity contribution in [3.05, 3.63) is 52.5 Å². The van der Waals surface area contributed by atoms with Crippen molar-refractivity contribution < 1.29 is 22.7 Å². The Bertz CT molecular complexity index is 1110. The molecule has 8 nitrogen and oxygen atoms in total. The van der Waals surface area contributed by atoms with Crippen LogP contribution >= 0.6 is 11.6 Å². The second-order valence-electron chi connectivity index (χ2n) is 7.16. The van der Waals surface area contributed by atoms with Crippen LogP contribution in [0.3, 0.4) is 0 Å². The van der Waals surface area contributed by atoms with Gasteiger partial charge in [0.2, 0.25) is 5.91 Å². The van der Waals surface area contributed by atoms with Gasteiger partial charge in [-0.2, -0.15) is 0 Å². The molecule has 3 N–H and O–H groups in total. The number of hydrogen-bond acceptors (Lipinski definition) is 5. The van der Waals surface area contributed by atoms with Gasteiger partial charge in [-0.3, -0.25) is 14.3 Å². The van der Waals surface area contributed by atoms with Crippen molar-refractivity contribution >= 4 is 44.8 Å². The third-order valence-corrected chi connectivity index (χ3v) is 6.83.